The van der Waals surface area contributed by atoms with Crippen molar-refractivity contribution in [2.45, 2.75) is 13.1 Å². The first-order chi connectivity index (χ1) is 13.8. The van der Waals surface area contributed by atoms with Crippen LogP contribution in [0.2, 0.25) is 0 Å². The fraction of sp³-hybridized carbons (Fsp3) is 0.0909. The summed E-state index contributed by atoms with van der Waals surface area (Å²) in [6.07, 6.45) is 4.99. The summed E-state index contributed by atoms with van der Waals surface area (Å²) in [5.41, 5.74) is 2.80. The van der Waals surface area contributed by atoms with Crippen molar-refractivity contribution in [3.05, 3.63) is 103 Å². The van der Waals surface area contributed by atoms with Gasteiger partial charge in [-0.05, 0) is 36.4 Å². The van der Waals surface area contributed by atoms with Gasteiger partial charge in [0, 0.05) is 24.0 Å². The van der Waals surface area contributed by atoms with Crippen molar-refractivity contribution >= 4 is 5.82 Å². The van der Waals surface area contributed by atoms with Crippen LogP contribution in [0.4, 0.5) is 10.2 Å². The third-order valence-electron chi connectivity index (χ3n) is 4.28. The second kappa shape index (κ2) is 8.35. The van der Waals surface area contributed by atoms with Crippen LogP contribution in [-0.4, -0.2) is 19.9 Å². The van der Waals surface area contributed by atoms with Crippen molar-refractivity contribution in [2.24, 2.45) is 0 Å². The monoisotopic (exact) mass is 371 g/mol. The van der Waals surface area contributed by atoms with Crippen LogP contribution in [0.25, 0.3) is 11.3 Å². The summed E-state index contributed by atoms with van der Waals surface area (Å²) < 4.78 is 14.2. The quantitative estimate of drug-likeness (QED) is 0.506. The van der Waals surface area contributed by atoms with Crippen LogP contribution < -0.4 is 4.90 Å². The molecule has 0 saturated carbocycles. The topological polar surface area (TPSA) is 54.8 Å². The molecule has 0 saturated heterocycles. The SMILES string of the molecule is Fc1ccccc1-c1cc(N(Cc2ccccn2)Cc2ccccn2)ncn1. The molecule has 4 aromatic rings. The molecule has 0 aliphatic heterocycles. The second-order valence-corrected chi connectivity index (χ2v) is 6.24. The lowest BCUT2D eigenvalue weighted by molar-refractivity contribution is 0.630. The Bertz CT molecular complexity index is 999. The van der Waals surface area contributed by atoms with Crippen LogP contribution in [0.3, 0.4) is 0 Å². The van der Waals surface area contributed by atoms with Gasteiger partial charge < -0.3 is 4.90 Å². The molecule has 0 N–H and O–H groups in total. The highest BCUT2D eigenvalue weighted by molar-refractivity contribution is 5.63. The molecule has 0 unspecified atom stereocenters. The molecule has 0 aliphatic carbocycles. The van der Waals surface area contributed by atoms with Crippen LogP contribution in [0.5, 0.6) is 0 Å². The highest BCUT2D eigenvalue weighted by Gasteiger charge is 2.14. The first-order valence-electron chi connectivity index (χ1n) is 8.91. The van der Waals surface area contributed by atoms with Crippen molar-refractivity contribution in [2.75, 3.05) is 4.90 Å². The van der Waals surface area contributed by atoms with E-state index in [0.29, 0.717) is 30.2 Å². The highest BCUT2D eigenvalue weighted by Crippen LogP contribution is 2.24. The number of halogens is 1. The van der Waals surface area contributed by atoms with E-state index in [2.05, 4.69) is 24.8 Å². The molecule has 0 fully saturated rings. The van der Waals surface area contributed by atoms with E-state index in [1.165, 1.54) is 12.4 Å². The summed E-state index contributed by atoms with van der Waals surface area (Å²) in [6, 6.07) is 20.0. The number of aromatic nitrogens is 4. The third kappa shape index (κ3) is 4.17. The Labute approximate surface area is 162 Å². The fourth-order valence-electron chi connectivity index (χ4n) is 2.93. The molecule has 0 aliphatic rings. The van der Waals surface area contributed by atoms with Gasteiger partial charge in [0.2, 0.25) is 0 Å². The predicted octanol–water partition coefficient (Wildman–Crippen LogP) is 4.28. The van der Waals surface area contributed by atoms with Gasteiger partial charge in [-0.2, -0.15) is 0 Å². The van der Waals surface area contributed by atoms with E-state index in [0.717, 1.165) is 11.4 Å². The first kappa shape index (κ1) is 17.7. The molecule has 0 atom stereocenters. The second-order valence-electron chi connectivity index (χ2n) is 6.24. The molecule has 0 bridgehead atoms. The van der Waals surface area contributed by atoms with E-state index < -0.39 is 0 Å². The van der Waals surface area contributed by atoms with E-state index in [1.807, 2.05) is 36.4 Å². The minimum Gasteiger partial charge on any atom is -0.345 e. The maximum atomic E-state index is 14.2. The standard InChI is InChI=1S/C22H18FN5/c23-20-10-2-1-9-19(20)21-13-22(27-16-26-21)28(14-17-7-3-5-11-24-17)15-18-8-4-6-12-25-18/h1-13,16H,14-15H2. The number of nitrogens with zero attached hydrogens (tertiary/aromatic N) is 5. The zero-order valence-corrected chi connectivity index (χ0v) is 15.1. The Hall–Kier alpha value is -3.67. The zero-order valence-electron chi connectivity index (χ0n) is 15.1. The number of rotatable bonds is 6. The summed E-state index contributed by atoms with van der Waals surface area (Å²) in [4.78, 5) is 19.6. The van der Waals surface area contributed by atoms with Crippen LogP contribution in [0.1, 0.15) is 11.4 Å². The zero-order chi connectivity index (χ0) is 19.2. The molecule has 0 radical (unpaired) electrons. The molecule has 1 aromatic carbocycles. The van der Waals surface area contributed by atoms with E-state index in [1.54, 1.807) is 36.7 Å². The Kier molecular flexibility index (Phi) is 5.29. The van der Waals surface area contributed by atoms with E-state index >= 15 is 0 Å². The summed E-state index contributed by atoms with van der Waals surface area (Å²) in [6.45, 7) is 1.09. The molecule has 0 amide bonds. The number of hydrogen-bond acceptors (Lipinski definition) is 5. The van der Waals surface area contributed by atoms with Crippen molar-refractivity contribution < 1.29 is 4.39 Å². The molecule has 4 rings (SSSR count). The van der Waals surface area contributed by atoms with Gasteiger partial charge in [0.1, 0.15) is 18.0 Å². The molecule has 6 heteroatoms. The van der Waals surface area contributed by atoms with E-state index in [-0.39, 0.29) is 5.82 Å². The van der Waals surface area contributed by atoms with Gasteiger partial charge in [-0.15, -0.1) is 0 Å². The van der Waals surface area contributed by atoms with Gasteiger partial charge in [-0.25, -0.2) is 14.4 Å². The lowest BCUT2D eigenvalue weighted by Crippen LogP contribution is -2.24. The predicted molar refractivity (Wildman–Crippen MR) is 106 cm³/mol. The lowest BCUT2D eigenvalue weighted by atomic mass is 10.1. The van der Waals surface area contributed by atoms with Crippen molar-refractivity contribution in [1.29, 1.82) is 0 Å². The number of benzene rings is 1. The summed E-state index contributed by atoms with van der Waals surface area (Å²) in [5.74, 6) is 0.373. The number of pyridine rings is 2. The van der Waals surface area contributed by atoms with Crippen molar-refractivity contribution in [1.82, 2.24) is 19.9 Å². The van der Waals surface area contributed by atoms with Crippen LogP contribution >= 0.6 is 0 Å². The molecule has 3 heterocycles. The molecule has 0 spiro atoms. The van der Waals surface area contributed by atoms with Gasteiger partial charge in [0.05, 0.1) is 30.2 Å². The van der Waals surface area contributed by atoms with Gasteiger partial charge in [-0.1, -0.05) is 24.3 Å². The Morgan fingerprint density at radius 3 is 1.96 bits per heavy atom. The van der Waals surface area contributed by atoms with Gasteiger partial charge in [-0.3, -0.25) is 9.97 Å². The molecule has 28 heavy (non-hydrogen) atoms. The minimum absolute atomic E-state index is 0.312. The van der Waals surface area contributed by atoms with E-state index in [9.17, 15) is 4.39 Å². The Morgan fingerprint density at radius 2 is 1.36 bits per heavy atom. The molecule has 138 valence electrons. The normalized spacial score (nSPS) is 10.6. The van der Waals surface area contributed by atoms with Gasteiger partial charge in [0.25, 0.3) is 0 Å². The molecular formula is C22H18FN5. The maximum Gasteiger partial charge on any atom is 0.133 e. The molecule has 5 nitrogen and oxygen atoms in total. The number of anilines is 1. The van der Waals surface area contributed by atoms with E-state index in [4.69, 9.17) is 0 Å². The Balaban J connectivity index is 1.69. The van der Waals surface area contributed by atoms with Crippen LogP contribution in [0, 0.1) is 5.82 Å². The largest absolute Gasteiger partial charge is 0.345 e. The maximum absolute atomic E-state index is 14.2. The minimum atomic E-state index is -0.312. The molecular weight excluding hydrogens is 353 g/mol. The van der Waals surface area contributed by atoms with Gasteiger partial charge in [0.15, 0.2) is 0 Å². The summed E-state index contributed by atoms with van der Waals surface area (Å²) in [5, 5.41) is 0. The third-order valence-corrected chi connectivity index (χ3v) is 4.28. The first-order valence-corrected chi connectivity index (χ1v) is 8.91. The average molecular weight is 371 g/mol. The lowest BCUT2D eigenvalue weighted by Gasteiger charge is -2.23. The smallest absolute Gasteiger partial charge is 0.133 e. The van der Waals surface area contributed by atoms with Crippen LogP contribution in [-0.2, 0) is 13.1 Å². The van der Waals surface area contributed by atoms with Crippen molar-refractivity contribution in [3.8, 4) is 11.3 Å². The van der Waals surface area contributed by atoms with Crippen LogP contribution in [0.15, 0.2) is 85.5 Å². The number of hydrogen-bond donors (Lipinski definition) is 0. The average Bonchev–Trinajstić information content (AvgIpc) is 2.75. The van der Waals surface area contributed by atoms with Crippen molar-refractivity contribution in [3.63, 3.8) is 0 Å². The van der Waals surface area contributed by atoms with Gasteiger partial charge >= 0.3 is 0 Å². The highest BCUT2D eigenvalue weighted by atomic mass is 19.1. The molecule has 3 aromatic heterocycles. The fourth-order valence-corrected chi connectivity index (χ4v) is 2.93. The summed E-state index contributed by atoms with van der Waals surface area (Å²) >= 11 is 0. The summed E-state index contributed by atoms with van der Waals surface area (Å²) in [7, 11) is 0. The Morgan fingerprint density at radius 1 is 0.714 bits per heavy atom.